The van der Waals surface area contributed by atoms with Crippen molar-refractivity contribution < 1.29 is 9.47 Å². The normalized spacial score (nSPS) is 20.8. The summed E-state index contributed by atoms with van der Waals surface area (Å²) in [5, 5.41) is 4.39. The van der Waals surface area contributed by atoms with Crippen LogP contribution in [-0.4, -0.2) is 41.2 Å². The largest absolute Gasteiger partial charge is 0.381 e. The Morgan fingerprint density at radius 2 is 2.28 bits per heavy atom. The van der Waals surface area contributed by atoms with E-state index >= 15 is 0 Å². The van der Waals surface area contributed by atoms with Crippen LogP contribution in [0.15, 0.2) is 12.3 Å². The minimum atomic E-state index is -0.246. The molecule has 1 aliphatic heterocycles. The van der Waals surface area contributed by atoms with Crippen molar-refractivity contribution in [1.82, 2.24) is 9.78 Å². The molecule has 1 aromatic heterocycles. The summed E-state index contributed by atoms with van der Waals surface area (Å²) in [7, 11) is 1.92. The first kappa shape index (κ1) is 13.5. The molecule has 1 fully saturated rings. The Morgan fingerprint density at radius 3 is 2.83 bits per heavy atom. The smallest absolute Gasteiger partial charge is 0.0880 e. The third-order valence-corrected chi connectivity index (χ3v) is 3.64. The zero-order valence-electron chi connectivity index (χ0n) is 11.3. The van der Waals surface area contributed by atoms with Gasteiger partial charge in [-0.3, -0.25) is 4.68 Å². The van der Waals surface area contributed by atoms with Gasteiger partial charge in [0, 0.05) is 58.4 Å². The van der Waals surface area contributed by atoms with Gasteiger partial charge in [0.2, 0.25) is 0 Å². The van der Waals surface area contributed by atoms with E-state index in [1.807, 2.05) is 26.2 Å². The zero-order valence-corrected chi connectivity index (χ0v) is 11.3. The average molecular weight is 253 g/mol. The second kappa shape index (κ2) is 5.82. The molecule has 1 unspecified atom stereocenters. The number of hydrogen-bond acceptors (Lipinski definition) is 4. The first-order valence-electron chi connectivity index (χ1n) is 6.62. The molecule has 0 bridgehead atoms. The van der Waals surface area contributed by atoms with Crippen molar-refractivity contribution in [1.29, 1.82) is 0 Å². The summed E-state index contributed by atoms with van der Waals surface area (Å²) in [4.78, 5) is 0. The summed E-state index contributed by atoms with van der Waals surface area (Å²) in [6.45, 7) is 4.17. The van der Waals surface area contributed by atoms with Crippen molar-refractivity contribution in [3.8, 4) is 0 Å². The van der Waals surface area contributed by atoms with Crippen LogP contribution in [0.3, 0.4) is 0 Å². The standard InChI is InChI=1S/C13H23N3O2/c1-3-18-13(5-8-17-9-6-13)12(14)10-11-4-7-16(2)15-11/h4,7,12H,3,5-6,8-10,14H2,1-2H3. The second-order valence-electron chi connectivity index (χ2n) is 4.90. The van der Waals surface area contributed by atoms with Gasteiger partial charge in [0.1, 0.15) is 0 Å². The molecule has 0 aliphatic carbocycles. The maximum atomic E-state index is 6.38. The lowest BCUT2D eigenvalue weighted by molar-refractivity contribution is -0.120. The predicted octanol–water partition coefficient (Wildman–Crippen LogP) is 0.876. The Hall–Kier alpha value is -0.910. The van der Waals surface area contributed by atoms with Gasteiger partial charge in [-0.15, -0.1) is 0 Å². The highest BCUT2D eigenvalue weighted by Crippen LogP contribution is 2.29. The zero-order chi connectivity index (χ0) is 13.0. The van der Waals surface area contributed by atoms with Gasteiger partial charge in [0.05, 0.1) is 11.3 Å². The van der Waals surface area contributed by atoms with Crippen molar-refractivity contribution in [2.24, 2.45) is 12.8 Å². The molecule has 0 aromatic carbocycles. The van der Waals surface area contributed by atoms with Gasteiger partial charge in [-0.05, 0) is 13.0 Å². The fraction of sp³-hybridized carbons (Fsp3) is 0.769. The Balaban J connectivity index is 2.05. The Kier molecular flexibility index (Phi) is 4.37. The first-order valence-corrected chi connectivity index (χ1v) is 6.62. The molecule has 0 amide bonds. The number of rotatable bonds is 5. The van der Waals surface area contributed by atoms with E-state index in [0.717, 1.165) is 38.2 Å². The second-order valence-corrected chi connectivity index (χ2v) is 4.90. The summed E-state index contributed by atoms with van der Waals surface area (Å²) in [5.74, 6) is 0. The fourth-order valence-electron chi connectivity index (χ4n) is 2.61. The van der Waals surface area contributed by atoms with Crippen molar-refractivity contribution in [2.75, 3.05) is 19.8 Å². The van der Waals surface area contributed by atoms with E-state index in [-0.39, 0.29) is 11.6 Å². The fourth-order valence-corrected chi connectivity index (χ4v) is 2.61. The lowest BCUT2D eigenvalue weighted by Gasteiger charge is -2.41. The first-order chi connectivity index (χ1) is 8.66. The summed E-state index contributed by atoms with van der Waals surface area (Å²) in [6.07, 6.45) is 4.43. The molecule has 102 valence electrons. The molecule has 1 atom stereocenters. The Morgan fingerprint density at radius 1 is 1.56 bits per heavy atom. The highest BCUT2D eigenvalue weighted by Gasteiger charge is 2.39. The van der Waals surface area contributed by atoms with Gasteiger partial charge >= 0.3 is 0 Å². The molecule has 2 N–H and O–H groups in total. The van der Waals surface area contributed by atoms with E-state index in [1.165, 1.54) is 0 Å². The van der Waals surface area contributed by atoms with E-state index in [0.29, 0.717) is 6.61 Å². The van der Waals surface area contributed by atoms with Gasteiger partial charge in [-0.25, -0.2) is 0 Å². The average Bonchev–Trinajstić information content (AvgIpc) is 2.76. The van der Waals surface area contributed by atoms with Crippen molar-refractivity contribution in [2.45, 2.75) is 37.8 Å². The molecular formula is C13H23N3O2. The molecule has 2 heterocycles. The summed E-state index contributed by atoms with van der Waals surface area (Å²) in [5.41, 5.74) is 7.16. The SMILES string of the molecule is CCOC1(C(N)Cc2ccn(C)n2)CCOCC1. The van der Waals surface area contributed by atoms with Crippen LogP contribution in [0.1, 0.15) is 25.5 Å². The summed E-state index contributed by atoms with van der Waals surface area (Å²) >= 11 is 0. The quantitative estimate of drug-likeness (QED) is 0.846. The van der Waals surface area contributed by atoms with Crippen LogP contribution >= 0.6 is 0 Å². The Labute approximate surface area is 108 Å². The highest BCUT2D eigenvalue weighted by molar-refractivity contribution is 5.05. The topological polar surface area (TPSA) is 62.3 Å². The van der Waals surface area contributed by atoms with Crippen LogP contribution in [0.5, 0.6) is 0 Å². The number of aryl methyl sites for hydroxylation is 1. The lowest BCUT2D eigenvalue weighted by Crippen LogP contribution is -2.54. The van der Waals surface area contributed by atoms with Gasteiger partial charge in [-0.1, -0.05) is 0 Å². The van der Waals surface area contributed by atoms with Crippen molar-refractivity contribution in [3.63, 3.8) is 0 Å². The minimum absolute atomic E-state index is 0.0313. The highest BCUT2D eigenvalue weighted by atomic mass is 16.5. The number of nitrogens with two attached hydrogens (primary N) is 1. The van der Waals surface area contributed by atoms with Gasteiger partial charge in [0.25, 0.3) is 0 Å². The summed E-state index contributed by atoms with van der Waals surface area (Å²) in [6, 6.07) is 1.98. The number of ether oxygens (including phenoxy) is 2. The van der Waals surface area contributed by atoms with E-state index in [4.69, 9.17) is 15.2 Å². The van der Waals surface area contributed by atoms with Gasteiger partial charge < -0.3 is 15.2 Å². The van der Waals surface area contributed by atoms with Crippen molar-refractivity contribution >= 4 is 0 Å². The predicted molar refractivity (Wildman–Crippen MR) is 69.3 cm³/mol. The summed E-state index contributed by atoms with van der Waals surface area (Å²) < 4.78 is 13.2. The maximum absolute atomic E-state index is 6.38. The van der Waals surface area contributed by atoms with Crippen molar-refractivity contribution in [3.05, 3.63) is 18.0 Å². The maximum Gasteiger partial charge on any atom is 0.0880 e. The molecule has 1 saturated heterocycles. The van der Waals surface area contributed by atoms with Crippen LogP contribution in [-0.2, 0) is 22.9 Å². The Bertz CT molecular complexity index is 367. The molecular weight excluding hydrogens is 230 g/mol. The number of nitrogens with zero attached hydrogens (tertiary/aromatic N) is 2. The van der Waals surface area contributed by atoms with Gasteiger partial charge in [0.15, 0.2) is 0 Å². The monoisotopic (exact) mass is 253 g/mol. The molecule has 18 heavy (non-hydrogen) atoms. The number of aromatic nitrogens is 2. The molecule has 0 radical (unpaired) electrons. The number of hydrogen-bond donors (Lipinski definition) is 1. The molecule has 5 nitrogen and oxygen atoms in total. The minimum Gasteiger partial charge on any atom is -0.381 e. The van der Waals surface area contributed by atoms with E-state index in [1.54, 1.807) is 4.68 Å². The van der Waals surface area contributed by atoms with Crippen LogP contribution in [0.2, 0.25) is 0 Å². The lowest BCUT2D eigenvalue weighted by atomic mass is 9.84. The molecule has 5 heteroatoms. The molecule has 1 aromatic rings. The van der Waals surface area contributed by atoms with E-state index in [9.17, 15) is 0 Å². The molecule has 1 aliphatic rings. The van der Waals surface area contributed by atoms with Gasteiger partial charge in [-0.2, -0.15) is 5.10 Å². The van der Waals surface area contributed by atoms with Crippen LogP contribution in [0, 0.1) is 0 Å². The van der Waals surface area contributed by atoms with Crippen LogP contribution < -0.4 is 5.73 Å². The van der Waals surface area contributed by atoms with E-state index in [2.05, 4.69) is 5.10 Å². The van der Waals surface area contributed by atoms with Crippen LogP contribution in [0.25, 0.3) is 0 Å². The third kappa shape index (κ3) is 2.91. The van der Waals surface area contributed by atoms with E-state index < -0.39 is 0 Å². The molecule has 2 rings (SSSR count). The third-order valence-electron chi connectivity index (χ3n) is 3.64. The molecule has 0 saturated carbocycles. The van der Waals surface area contributed by atoms with Crippen LogP contribution in [0.4, 0.5) is 0 Å². The molecule has 0 spiro atoms.